The van der Waals surface area contributed by atoms with E-state index in [1.54, 1.807) is 0 Å². The molecule has 1 N–H and O–H groups in total. The fraction of sp³-hybridized carbons (Fsp3) is 0.429. The SMILES string of the molecule is CCc1nnc(CSCc2ccc(CO)cc2)n1C. The van der Waals surface area contributed by atoms with E-state index in [0.717, 1.165) is 35.1 Å². The van der Waals surface area contributed by atoms with Crippen molar-refractivity contribution in [1.82, 2.24) is 14.8 Å². The summed E-state index contributed by atoms with van der Waals surface area (Å²) >= 11 is 1.83. The summed E-state index contributed by atoms with van der Waals surface area (Å²) in [5.74, 6) is 3.86. The van der Waals surface area contributed by atoms with Crippen LogP contribution in [0.1, 0.15) is 29.7 Å². The topological polar surface area (TPSA) is 50.9 Å². The summed E-state index contributed by atoms with van der Waals surface area (Å²) in [5.41, 5.74) is 2.22. The Kier molecular flexibility index (Phi) is 4.99. The molecule has 0 spiro atoms. The highest BCUT2D eigenvalue weighted by Crippen LogP contribution is 2.17. The molecule has 0 bridgehead atoms. The van der Waals surface area contributed by atoms with Crippen LogP contribution in [0.15, 0.2) is 24.3 Å². The van der Waals surface area contributed by atoms with E-state index in [1.807, 2.05) is 30.9 Å². The van der Waals surface area contributed by atoms with Crippen molar-refractivity contribution in [3.05, 3.63) is 47.0 Å². The molecule has 19 heavy (non-hydrogen) atoms. The van der Waals surface area contributed by atoms with E-state index >= 15 is 0 Å². The van der Waals surface area contributed by atoms with E-state index in [0.29, 0.717) is 0 Å². The highest BCUT2D eigenvalue weighted by molar-refractivity contribution is 7.97. The molecule has 1 heterocycles. The number of aryl methyl sites for hydroxylation is 1. The maximum Gasteiger partial charge on any atom is 0.142 e. The fourth-order valence-electron chi connectivity index (χ4n) is 1.83. The van der Waals surface area contributed by atoms with E-state index in [2.05, 4.69) is 33.8 Å². The molecular weight excluding hydrogens is 258 g/mol. The fourth-order valence-corrected chi connectivity index (χ4v) is 2.80. The Morgan fingerprint density at radius 1 is 1.05 bits per heavy atom. The molecule has 0 aliphatic heterocycles. The van der Waals surface area contributed by atoms with Crippen LogP contribution in [0.5, 0.6) is 0 Å². The van der Waals surface area contributed by atoms with Gasteiger partial charge in [0.1, 0.15) is 11.6 Å². The number of aliphatic hydroxyl groups is 1. The predicted octanol–water partition coefficient (Wildman–Crippen LogP) is 2.30. The minimum Gasteiger partial charge on any atom is -0.392 e. The van der Waals surface area contributed by atoms with Crippen molar-refractivity contribution in [2.45, 2.75) is 31.5 Å². The summed E-state index contributed by atoms with van der Waals surface area (Å²) in [4.78, 5) is 0. The molecule has 1 aromatic carbocycles. The average Bonchev–Trinajstić information content (AvgIpc) is 2.80. The molecule has 0 atom stereocenters. The minimum absolute atomic E-state index is 0.103. The predicted molar refractivity (Wildman–Crippen MR) is 77.7 cm³/mol. The number of hydrogen-bond donors (Lipinski definition) is 1. The molecule has 0 aliphatic rings. The molecule has 1 aromatic heterocycles. The Morgan fingerprint density at radius 2 is 1.68 bits per heavy atom. The molecule has 2 aromatic rings. The summed E-state index contributed by atoms with van der Waals surface area (Å²) in [6, 6.07) is 8.06. The van der Waals surface area contributed by atoms with E-state index < -0.39 is 0 Å². The quantitative estimate of drug-likeness (QED) is 0.880. The zero-order valence-corrected chi connectivity index (χ0v) is 12.2. The molecule has 0 fully saturated rings. The van der Waals surface area contributed by atoms with Crippen molar-refractivity contribution >= 4 is 11.8 Å². The van der Waals surface area contributed by atoms with Crippen molar-refractivity contribution in [1.29, 1.82) is 0 Å². The molecule has 102 valence electrons. The number of hydrogen-bond acceptors (Lipinski definition) is 4. The lowest BCUT2D eigenvalue weighted by molar-refractivity contribution is 0.282. The lowest BCUT2D eigenvalue weighted by atomic mass is 10.2. The first-order chi connectivity index (χ1) is 9.24. The molecule has 0 unspecified atom stereocenters. The van der Waals surface area contributed by atoms with Gasteiger partial charge >= 0.3 is 0 Å². The average molecular weight is 277 g/mol. The first-order valence-electron chi connectivity index (χ1n) is 6.38. The van der Waals surface area contributed by atoms with Gasteiger partial charge < -0.3 is 9.67 Å². The summed E-state index contributed by atoms with van der Waals surface area (Å²) in [5, 5.41) is 17.3. The largest absolute Gasteiger partial charge is 0.392 e. The highest BCUT2D eigenvalue weighted by atomic mass is 32.2. The second kappa shape index (κ2) is 6.73. The zero-order valence-electron chi connectivity index (χ0n) is 11.3. The minimum atomic E-state index is 0.103. The van der Waals surface area contributed by atoms with Crippen LogP contribution in [0.25, 0.3) is 0 Å². The Labute approximate surface area is 117 Å². The Morgan fingerprint density at radius 3 is 2.26 bits per heavy atom. The normalized spacial score (nSPS) is 10.9. The number of aliphatic hydroxyl groups excluding tert-OH is 1. The number of benzene rings is 1. The molecule has 0 radical (unpaired) electrons. The van der Waals surface area contributed by atoms with Crippen LogP contribution in [0, 0.1) is 0 Å². The third kappa shape index (κ3) is 3.58. The lowest BCUT2D eigenvalue weighted by Gasteiger charge is -2.04. The standard InChI is InChI=1S/C14H19N3OS/c1-3-13-15-16-14(17(13)2)10-19-9-12-6-4-11(8-18)5-7-12/h4-7,18H,3,8-10H2,1-2H3. The van der Waals surface area contributed by atoms with Crippen LogP contribution in [0.4, 0.5) is 0 Å². The van der Waals surface area contributed by atoms with Crippen molar-refractivity contribution in [3.8, 4) is 0 Å². The number of aromatic nitrogens is 3. The first kappa shape index (κ1) is 14.1. The third-order valence-corrected chi connectivity index (χ3v) is 4.08. The van der Waals surface area contributed by atoms with Gasteiger partial charge in [0.05, 0.1) is 12.4 Å². The molecular formula is C14H19N3OS. The second-order valence-corrected chi connectivity index (χ2v) is 5.40. The molecule has 2 rings (SSSR count). The zero-order chi connectivity index (χ0) is 13.7. The first-order valence-corrected chi connectivity index (χ1v) is 7.53. The van der Waals surface area contributed by atoms with Gasteiger partial charge in [-0.3, -0.25) is 0 Å². The smallest absolute Gasteiger partial charge is 0.142 e. The third-order valence-electron chi connectivity index (χ3n) is 3.08. The van der Waals surface area contributed by atoms with Gasteiger partial charge in [-0.25, -0.2) is 0 Å². The van der Waals surface area contributed by atoms with Gasteiger partial charge in [0, 0.05) is 19.2 Å². The Balaban J connectivity index is 1.87. The van der Waals surface area contributed by atoms with Crippen LogP contribution in [0.3, 0.4) is 0 Å². The second-order valence-electron chi connectivity index (χ2n) is 4.41. The van der Waals surface area contributed by atoms with Crippen LogP contribution in [-0.2, 0) is 31.6 Å². The van der Waals surface area contributed by atoms with Gasteiger partial charge in [-0.15, -0.1) is 22.0 Å². The Bertz CT molecular complexity index is 522. The van der Waals surface area contributed by atoms with Crippen molar-refractivity contribution in [2.24, 2.45) is 7.05 Å². The Hall–Kier alpha value is -1.33. The van der Waals surface area contributed by atoms with Crippen LogP contribution in [-0.4, -0.2) is 19.9 Å². The summed E-state index contributed by atoms with van der Waals surface area (Å²) in [6.45, 7) is 2.19. The number of thioether (sulfide) groups is 1. The van der Waals surface area contributed by atoms with Gasteiger partial charge in [0.15, 0.2) is 0 Å². The van der Waals surface area contributed by atoms with E-state index in [4.69, 9.17) is 5.11 Å². The van der Waals surface area contributed by atoms with Crippen molar-refractivity contribution in [2.75, 3.05) is 0 Å². The molecule has 5 heteroatoms. The molecule has 0 saturated heterocycles. The number of rotatable bonds is 6. The maximum absolute atomic E-state index is 8.99. The summed E-state index contributed by atoms with van der Waals surface area (Å²) in [7, 11) is 2.02. The highest BCUT2D eigenvalue weighted by Gasteiger charge is 2.06. The molecule has 0 amide bonds. The number of nitrogens with zero attached hydrogens (tertiary/aromatic N) is 3. The van der Waals surface area contributed by atoms with Gasteiger partial charge in [-0.2, -0.15) is 0 Å². The monoisotopic (exact) mass is 277 g/mol. The van der Waals surface area contributed by atoms with Crippen molar-refractivity contribution < 1.29 is 5.11 Å². The lowest BCUT2D eigenvalue weighted by Crippen LogP contribution is -2.00. The molecule has 0 saturated carbocycles. The van der Waals surface area contributed by atoms with Crippen LogP contribution in [0.2, 0.25) is 0 Å². The van der Waals surface area contributed by atoms with Gasteiger partial charge in [-0.1, -0.05) is 31.2 Å². The van der Waals surface area contributed by atoms with E-state index in [1.165, 1.54) is 5.56 Å². The van der Waals surface area contributed by atoms with Gasteiger partial charge in [0.2, 0.25) is 0 Å². The van der Waals surface area contributed by atoms with Crippen LogP contribution < -0.4 is 0 Å². The summed E-state index contributed by atoms with van der Waals surface area (Å²) < 4.78 is 2.07. The van der Waals surface area contributed by atoms with E-state index in [-0.39, 0.29) is 6.61 Å². The van der Waals surface area contributed by atoms with Gasteiger partial charge in [-0.05, 0) is 11.1 Å². The summed E-state index contributed by atoms with van der Waals surface area (Å²) in [6.07, 6.45) is 0.913. The molecule has 0 aliphatic carbocycles. The molecule has 4 nitrogen and oxygen atoms in total. The maximum atomic E-state index is 8.99. The van der Waals surface area contributed by atoms with Crippen molar-refractivity contribution in [3.63, 3.8) is 0 Å². The van der Waals surface area contributed by atoms with E-state index in [9.17, 15) is 0 Å². The van der Waals surface area contributed by atoms with Gasteiger partial charge in [0.25, 0.3) is 0 Å². The van der Waals surface area contributed by atoms with Crippen LogP contribution >= 0.6 is 11.8 Å².